The van der Waals surface area contributed by atoms with Crippen molar-refractivity contribution in [2.45, 2.75) is 58.7 Å². The highest BCUT2D eigenvalue weighted by atomic mass is 32.1. The van der Waals surface area contributed by atoms with Crippen LogP contribution in [0.5, 0.6) is 0 Å². The van der Waals surface area contributed by atoms with E-state index in [9.17, 15) is 0 Å². The Hall–Kier alpha value is -0.890. The minimum Gasteiger partial charge on any atom is -0.326 e. The molecule has 0 aliphatic heterocycles. The molecule has 1 heterocycles. The van der Waals surface area contributed by atoms with E-state index in [2.05, 4.69) is 50.8 Å². The number of hydrogen-bond acceptors (Lipinski definition) is 4. The van der Waals surface area contributed by atoms with Crippen LogP contribution in [0.15, 0.2) is 12.1 Å². The molecule has 1 aromatic rings. The molecule has 1 aromatic heterocycles. The van der Waals surface area contributed by atoms with E-state index in [1.807, 2.05) is 11.3 Å². The van der Waals surface area contributed by atoms with Crippen molar-refractivity contribution in [1.29, 1.82) is 5.26 Å². The van der Waals surface area contributed by atoms with Crippen molar-refractivity contribution < 1.29 is 0 Å². The lowest BCUT2D eigenvalue weighted by Crippen LogP contribution is -2.44. The van der Waals surface area contributed by atoms with Crippen LogP contribution in [-0.2, 0) is 0 Å². The summed E-state index contributed by atoms with van der Waals surface area (Å²) in [7, 11) is 0. The van der Waals surface area contributed by atoms with Crippen LogP contribution in [0.2, 0.25) is 0 Å². The first kappa shape index (κ1) is 16.2. The molecule has 0 saturated carbocycles. The average molecular weight is 279 g/mol. The van der Waals surface area contributed by atoms with E-state index in [-0.39, 0.29) is 12.1 Å². The second-order valence-corrected chi connectivity index (χ2v) is 6.52. The van der Waals surface area contributed by atoms with Gasteiger partial charge in [0.2, 0.25) is 0 Å². The molecule has 0 saturated heterocycles. The molecule has 3 nitrogen and oxygen atoms in total. The van der Waals surface area contributed by atoms with Crippen LogP contribution < -0.4 is 5.73 Å². The van der Waals surface area contributed by atoms with Crippen LogP contribution in [0.3, 0.4) is 0 Å². The van der Waals surface area contributed by atoms with E-state index in [0.717, 1.165) is 13.0 Å². The predicted molar refractivity (Wildman–Crippen MR) is 82.1 cm³/mol. The molecule has 0 aromatic carbocycles. The summed E-state index contributed by atoms with van der Waals surface area (Å²) in [4.78, 5) is 4.99. The maximum atomic E-state index is 8.84. The molecule has 1 rings (SSSR count). The fourth-order valence-corrected chi connectivity index (χ4v) is 3.43. The Bertz CT molecular complexity index is 419. The number of rotatable bonds is 7. The molecule has 0 bridgehead atoms. The molecule has 0 amide bonds. The fourth-order valence-electron chi connectivity index (χ4n) is 2.35. The third kappa shape index (κ3) is 4.31. The SMILES string of the molecule is CCC(N)C(c1ccc(C)s1)N(CCC#N)C(C)C. The molecule has 0 fully saturated rings. The Morgan fingerprint density at radius 2 is 2.11 bits per heavy atom. The van der Waals surface area contributed by atoms with Crippen LogP contribution in [0.25, 0.3) is 0 Å². The lowest BCUT2D eigenvalue weighted by Gasteiger charge is -2.37. The zero-order valence-corrected chi connectivity index (χ0v) is 13.2. The van der Waals surface area contributed by atoms with Gasteiger partial charge in [0.15, 0.2) is 0 Å². The number of thiophene rings is 1. The molecule has 0 aliphatic rings. The molecule has 2 unspecified atom stereocenters. The van der Waals surface area contributed by atoms with Gasteiger partial charge in [0.05, 0.1) is 12.1 Å². The van der Waals surface area contributed by atoms with E-state index in [4.69, 9.17) is 11.0 Å². The van der Waals surface area contributed by atoms with Crippen molar-refractivity contribution in [1.82, 2.24) is 4.90 Å². The summed E-state index contributed by atoms with van der Waals surface area (Å²) in [5, 5.41) is 8.84. The second kappa shape index (κ2) is 7.64. The maximum Gasteiger partial charge on any atom is 0.0635 e. The Labute approximate surface area is 121 Å². The van der Waals surface area contributed by atoms with Crippen LogP contribution >= 0.6 is 11.3 Å². The summed E-state index contributed by atoms with van der Waals surface area (Å²) < 4.78 is 0. The summed E-state index contributed by atoms with van der Waals surface area (Å²) in [6, 6.07) is 7.29. The Morgan fingerprint density at radius 3 is 2.53 bits per heavy atom. The van der Waals surface area contributed by atoms with Gasteiger partial charge in [-0.2, -0.15) is 5.26 Å². The summed E-state index contributed by atoms with van der Waals surface area (Å²) >= 11 is 1.81. The van der Waals surface area contributed by atoms with Crippen LogP contribution in [0, 0.1) is 18.3 Å². The smallest absolute Gasteiger partial charge is 0.0635 e. The Balaban J connectivity index is 3.03. The summed E-state index contributed by atoms with van der Waals surface area (Å²) in [5.41, 5.74) is 6.35. The number of nitrogens with two attached hydrogens (primary N) is 1. The van der Waals surface area contributed by atoms with Gasteiger partial charge in [-0.15, -0.1) is 11.3 Å². The van der Waals surface area contributed by atoms with E-state index >= 15 is 0 Å². The topological polar surface area (TPSA) is 53.0 Å². The number of hydrogen-bond donors (Lipinski definition) is 1. The fraction of sp³-hybridized carbons (Fsp3) is 0.667. The minimum absolute atomic E-state index is 0.110. The van der Waals surface area contributed by atoms with Crippen LogP contribution in [0.1, 0.15) is 49.4 Å². The lowest BCUT2D eigenvalue weighted by atomic mass is 10.0. The summed E-state index contributed by atoms with van der Waals surface area (Å²) in [5.74, 6) is 0. The van der Waals surface area contributed by atoms with Gasteiger partial charge in [-0.05, 0) is 39.3 Å². The first-order chi connectivity index (χ1) is 9.01. The van der Waals surface area contributed by atoms with Gasteiger partial charge in [0.25, 0.3) is 0 Å². The Morgan fingerprint density at radius 1 is 1.42 bits per heavy atom. The van der Waals surface area contributed by atoms with Gasteiger partial charge in [-0.1, -0.05) is 6.92 Å². The zero-order chi connectivity index (χ0) is 14.4. The molecule has 0 aliphatic carbocycles. The third-order valence-electron chi connectivity index (χ3n) is 3.43. The minimum atomic E-state index is 0.110. The van der Waals surface area contributed by atoms with Crippen molar-refractivity contribution in [2.24, 2.45) is 5.73 Å². The highest BCUT2D eigenvalue weighted by Gasteiger charge is 2.28. The van der Waals surface area contributed by atoms with Gasteiger partial charge in [0.1, 0.15) is 0 Å². The van der Waals surface area contributed by atoms with Crippen molar-refractivity contribution >= 4 is 11.3 Å². The lowest BCUT2D eigenvalue weighted by molar-refractivity contribution is 0.135. The zero-order valence-electron chi connectivity index (χ0n) is 12.4. The van der Waals surface area contributed by atoms with Crippen molar-refractivity contribution in [3.8, 4) is 6.07 Å². The third-order valence-corrected chi connectivity index (χ3v) is 4.50. The van der Waals surface area contributed by atoms with Gasteiger partial charge in [-0.25, -0.2) is 0 Å². The molecule has 0 radical (unpaired) electrons. The van der Waals surface area contributed by atoms with Crippen molar-refractivity contribution in [3.63, 3.8) is 0 Å². The van der Waals surface area contributed by atoms with Crippen LogP contribution in [-0.4, -0.2) is 23.5 Å². The summed E-state index contributed by atoms with van der Waals surface area (Å²) in [6.07, 6.45) is 1.49. The molecular weight excluding hydrogens is 254 g/mol. The highest BCUT2D eigenvalue weighted by molar-refractivity contribution is 7.12. The first-order valence-corrected chi connectivity index (χ1v) is 7.77. The second-order valence-electron chi connectivity index (χ2n) is 5.21. The highest BCUT2D eigenvalue weighted by Crippen LogP contribution is 2.32. The number of nitrogens with zero attached hydrogens (tertiary/aromatic N) is 2. The number of nitriles is 1. The standard InChI is InChI=1S/C15H25N3S/c1-5-13(17)15(14-8-7-12(4)19-14)18(11(2)3)10-6-9-16/h7-8,11,13,15H,5-6,10,17H2,1-4H3. The molecule has 0 spiro atoms. The van der Waals surface area contributed by atoms with E-state index < -0.39 is 0 Å². The molecular formula is C15H25N3S. The van der Waals surface area contributed by atoms with Crippen molar-refractivity contribution in [2.75, 3.05) is 6.54 Å². The first-order valence-electron chi connectivity index (χ1n) is 6.95. The quantitative estimate of drug-likeness (QED) is 0.831. The van der Waals surface area contributed by atoms with E-state index in [1.54, 1.807) is 0 Å². The summed E-state index contributed by atoms with van der Waals surface area (Å²) in [6.45, 7) is 9.38. The van der Waals surface area contributed by atoms with Gasteiger partial charge < -0.3 is 5.73 Å². The maximum absolute atomic E-state index is 8.84. The molecule has 2 N–H and O–H groups in total. The monoisotopic (exact) mass is 279 g/mol. The molecule has 106 valence electrons. The average Bonchev–Trinajstić information content (AvgIpc) is 2.79. The predicted octanol–water partition coefficient (Wildman–Crippen LogP) is 3.46. The van der Waals surface area contributed by atoms with E-state index in [1.165, 1.54) is 9.75 Å². The number of aryl methyl sites for hydroxylation is 1. The molecule has 2 atom stereocenters. The van der Waals surface area contributed by atoms with Gasteiger partial charge in [-0.3, -0.25) is 4.90 Å². The van der Waals surface area contributed by atoms with Gasteiger partial charge >= 0.3 is 0 Å². The molecule has 4 heteroatoms. The van der Waals surface area contributed by atoms with Crippen molar-refractivity contribution in [3.05, 3.63) is 21.9 Å². The van der Waals surface area contributed by atoms with Gasteiger partial charge in [0, 0.05) is 34.8 Å². The largest absolute Gasteiger partial charge is 0.326 e. The normalized spacial score (nSPS) is 14.6. The molecule has 19 heavy (non-hydrogen) atoms. The Kier molecular flexibility index (Phi) is 6.50. The van der Waals surface area contributed by atoms with E-state index in [0.29, 0.717) is 12.5 Å². The van der Waals surface area contributed by atoms with Crippen LogP contribution in [0.4, 0.5) is 0 Å².